The first kappa shape index (κ1) is 13.6. The van der Waals surface area contributed by atoms with Crippen molar-refractivity contribution in [1.82, 2.24) is 0 Å². The van der Waals surface area contributed by atoms with Crippen LogP contribution in [0.15, 0.2) is 12.1 Å². The van der Waals surface area contributed by atoms with Gasteiger partial charge in [-0.15, -0.1) is 0 Å². The lowest BCUT2D eigenvalue weighted by molar-refractivity contribution is 0.0110. The fraction of sp³-hybridized carbons (Fsp3) is 0.538. The molecule has 0 N–H and O–H groups in total. The van der Waals surface area contributed by atoms with Crippen molar-refractivity contribution in [3.8, 4) is 0 Å². The number of ether oxygens (including phenoxy) is 1. The molecule has 0 saturated carbocycles. The maximum atomic E-state index is 13.8. The van der Waals surface area contributed by atoms with Crippen LogP contribution in [0.2, 0.25) is 5.02 Å². The van der Waals surface area contributed by atoms with Gasteiger partial charge in [-0.1, -0.05) is 25.4 Å². The second kappa shape index (κ2) is 5.41. The van der Waals surface area contributed by atoms with E-state index in [1.165, 1.54) is 0 Å². The molecule has 0 aromatic heterocycles. The summed E-state index contributed by atoms with van der Waals surface area (Å²) in [5.41, 5.74) is -0.00616. The van der Waals surface area contributed by atoms with Crippen LogP contribution in [0.1, 0.15) is 13.8 Å². The molecule has 0 radical (unpaired) electrons. The Balaban J connectivity index is 2.26. The smallest absolute Gasteiger partial charge is 0.151 e. The van der Waals surface area contributed by atoms with E-state index in [4.69, 9.17) is 16.3 Å². The fourth-order valence-electron chi connectivity index (χ4n) is 2.12. The number of morpholine rings is 1. The normalized spacial score (nSPS) is 20.6. The average Bonchev–Trinajstić information content (AvgIpc) is 2.28. The lowest BCUT2D eigenvalue weighted by atomic mass is 10.1. The Bertz CT molecular complexity index is 416. The van der Waals surface area contributed by atoms with E-state index in [1.807, 2.05) is 13.8 Å². The summed E-state index contributed by atoms with van der Waals surface area (Å²) in [6, 6.07) is 2.28. The van der Waals surface area contributed by atoms with Gasteiger partial charge in [0.2, 0.25) is 0 Å². The van der Waals surface area contributed by atoms with E-state index in [9.17, 15) is 8.78 Å². The minimum atomic E-state index is -0.621. The van der Waals surface area contributed by atoms with Crippen LogP contribution in [0.25, 0.3) is 0 Å². The van der Waals surface area contributed by atoms with Crippen molar-refractivity contribution in [1.29, 1.82) is 0 Å². The van der Waals surface area contributed by atoms with Crippen molar-refractivity contribution in [2.75, 3.05) is 24.6 Å². The number of nitrogens with zero attached hydrogens (tertiary/aromatic N) is 1. The molecule has 2 rings (SSSR count). The average molecular weight is 276 g/mol. The van der Waals surface area contributed by atoms with Gasteiger partial charge in [0.15, 0.2) is 11.6 Å². The van der Waals surface area contributed by atoms with Crippen LogP contribution < -0.4 is 4.90 Å². The molecule has 1 aliphatic rings. The highest BCUT2D eigenvalue weighted by Crippen LogP contribution is 2.29. The van der Waals surface area contributed by atoms with Crippen LogP contribution in [-0.4, -0.2) is 25.8 Å². The van der Waals surface area contributed by atoms with Gasteiger partial charge in [0, 0.05) is 18.1 Å². The highest BCUT2D eigenvalue weighted by atomic mass is 35.5. The molecule has 1 aromatic carbocycles. The molecule has 1 aromatic rings. The summed E-state index contributed by atoms with van der Waals surface area (Å²) in [6.07, 6.45) is -0.00627. The van der Waals surface area contributed by atoms with Gasteiger partial charge in [-0.25, -0.2) is 8.78 Å². The van der Waals surface area contributed by atoms with Gasteiger partial charge < -0.3 is 9.64 Å². The maximum absolute atomic E-state index is 13.8. The summed E-state index contributed by atoms with van der Waals surface area (Å²) in [5, 5.41) is 0.0717. The molecular weight excluding hydrogens is 260 g/mol. The number of anilines is 1. The molecule has 0 unspecified atom stereocenters. The van der Waals surface area contributed by atoms with E-state index < -0.39 is 11.6 Å². The van der Waals surface area contributed by atoms with E-state index in [1.54, 1.807) is 4.90 Å². The summed E-state index contributed by atoms with van der Waals surface area (Å²) >= 11 is 5.62. The summed E-state index contributed by atoms with van der Waals surface area (Å²) in [5.74, 6) is -0.931. The van der Waals surface area contributed by atoms with Crippen LogP contribution >= 0.6 is 11.6 Å². The van der Waals surface area contributed by atoms with Crippen LogP contribution in [0.5, 0.6) is 0 Å². The van der Waals surface area contributed by atoms with Gasteiger partial charge in [-0.3, -0.25) is 0 Å². The molecule has 0 amide bonds. The Morgan fingerprint density at radius 2 is 1.94 bits per heavy atom. The molecule has 0 spiro atoms. The van der Waals surface area contributed by atoms with E-state index in [0.29, 0.717) is 25.6 Å². The molecule has 1 aliphatic heterocycles. The number of hydrogen-bond donors (Lipinski definition) is 0. The SMILES string of the molecule is CC(C)[C@H]1CN(c2c(F)cc(Cl)cc2F)CCO1. The fourth-order valence-corrected chi connectivity index (χ4v) is 2.31. The standard InChI is InChI=1S/C13H16ClF2NO/c1-8(2)12-7-17(3-4-18-12)13-10(15)5-9(14)6-11(13)16/h5-6,8,12H,3-4,7H2,1-2H3/t12-/m1/s1. The molecule has 0 aliphatic carbocycles. The van der Waals surface area contributed by atoms with E-state index in [-0.39, 0.29) is 16.8 Å². The first-order valence-corrected chi connectivity index (χ1v) is 6.38. The predicted octanol–water partition coefficient (Wildman–Crippen LogP) is 3.48. The Labute approximate surface area is 110 Å². The largest absolute Gasteiger partial charge is 0.374 e. The van der Waals surface area contributed by atoms with Crippen LogP contribution in [0, 0.1) is 17.6 Å². The lowest BCUT2D eigenvalue weighted by Gasteiger charge is -2.36. The van der Waals surface area contributed by atoms with Gasteiger partial charge >= 0.3 is 0 Å². The molecule has 1 fully saturated rings. The van der Waals surface area contributed by atoms with E-state index in [0.717, 1.165) is 12.1 Å². The van der Waals surface area contributed by atoms with Crippen molar-refractivity contribution in [2.45, 2.75) is 20.0 Å². The molecule has 2 nitrogen and oxygen atoms in total. The lowest BCUT2D eigenvalue weighted by Crippen LogP contribution is -2.45. The van der Waals surface area contributed by atoms with Gasteiger partial charge in [0.05, 0.1) is 12.7 Å². The molecule has 100 valence electrons. The predicted molar refractivity (Wildman–Crippen MR) is 68.2 cm³/mol. The van der Waals surface area contributed by atoms with Crippen LogP contribution in [0.3, 0.4) is 0 Å². The molecule has 1 atom stereocenters. The second-order valence-electron chi connectivity index (χ2n) is 4.82. The van der Waals surface area contributed by atoms with Gasteiger partial charge in [0.1, 0.15) is 5.69 Å². The molecular formula is C13H16ClF2NO. The van der Waals surface area contributed by atoms with Crippen molar-refractivity contribution < 1.29 is 13.5 Å². The Morgan fingerprint density at radius 1 is 1.33 bits per heavy atom. The third-order valence-electron chi connectivity index (χ3n) is 3.13. The molecule has 0 bridgehead atoms. The molecule has 1 saturated heterocycles. The minimum Gasteiger partial charge on any atom is -0.374 e. The molecule has 5 heteroatoms. The minimum absolute atomic E-state index is 0.00616. The quantitative estimate of drug-likeness (QED) is 0.819. The van der Waals surface area contributed by atoms with Gasteiger partial charge in [-0.2, -0.15) is 0 Å². The number of hydrogen-bond acceptors (Lipinski definition) is 2. The zero-order chi connectivity index (χ0) is 13.3. The number of halogens is 3. The second-order valence-corrected chi connectivity index (χ2v) is 5.25. The van der Waals surface area contributed by atoms with Crippen LogP contribution in [-0.2, 0) is 4.74 Å². The number of rotatable bonds is 2. The van der Waals surface area contributed by atoms with E-state index in [2.05, 4.69) is 0 Å². The van der Waals surface area contributed by atoms with Crippen molar-refractivity contribution in [3.05, 3.63) is 28.8 Å². The summed E-state index contributed by atoms with van der Waals surface area (Å²) in [7, 11) is 0. The Morgan fingerprint density at radius 3 is 2.50 bits per heavy atom. The van der Waals surface area contributed by atoms with Crippen molar-refractivity contribution >= 4 is 17.3 Å². The first-order valence-electron chi connectivity index (χ1n) is 6.00. The highest BCUT2D eigenvalue weighted by Gasteiger charge is 2.26. The van der Waals surface area contributed by atoms with Gasteiger partial charge in [-0.05, 0) is 18.1 Å². The highest BCUT2D eigenvalue weighted by molar-refractivity contribution is 6.30. The summed E-state index contributed by atoms with van der Waals surface area (Å²) < 4.78 is 33.2. The number of benzene rings is 1. The maximum Gasteiger partial charge on any atom is 0.151 e. The van der Waals surface area contributed by atoms with Crippen molar-refractivity contribution in [3.63, 3.8) is 0 Å². The van der Waals surface area contributed by atoms with Crippen LogP contribution in [0.4, 0.5) is 14.5 Å². The molecule has 18 heavy (non-hydrogen) atoms. The Kier molecular flexibility index (Phi) is 4.07. The molecule has 1 heterocycles. The summed E-state index contributed by atoms with van der Waals surface area (Å²) in [4.78, 5) is 1.69. The monoisotopic (exact) mass is 275 g/mol. The third kappa shape index (κ3) is 2.75. The topological polar surface area (TPSA) is 12.5 Å². The Hall–Kier alpha value is -0.870. The van der Waals surface area contributed by atoms with Gasteiger partial charge in [0.25, 0.3) is 0 Å². The zero-order valence-electron chi connectivity index (χ0n) is 10.4. The summed E-state index contributed by atoms with van der Waals surface area (Å²) in [6.45, 7) is 5.52. The zero-order valence-corrected chi connectivity index (χ0v) is 11.2. The third-order valence-corrected chi connectivity index (χ3v) is 3.35. The van der Waals surface area contributed by atoms with Crippen molar-refractivity contribution in [2.24, 2.45) is 5.92 Å². The van der Waals surface area contributed by atoms with E-state index >= 15 is 0 Å². The first-order chi connectivity index (χ1) is 8.49.